The van der Waals surface area contributed by atoms with Crippen molar-refractivity contribution in [3.8, 4) is 5.75 Å². The van der Waals surface area contributed by atoms with Crippen LogP contribution in [0, 0.1) is 5.82 Å². The van der Waals surface area contributed by atoms with E-state index in [2.05, 4.69) is 15.9 Å². The van der Waals surface area contributed by atoms with Crippen LogP contribution in [0.25, 0.3) is 0 Å². The summed E-state index contributed by atoms with van der Waals surface area (Å²) in [5.41, 5.74) is 6.94. The summed E-state index contributed by atoms with van der Waals surface area (Å²) >= 11 is 3.25. The van der Waals surface area contributed by atoms with Crippen LogP contribution in [0.1, 0.15) is 31.2 Å². The van der Waals surface area contributed by atoms with Gasteiger partial charge in [-0.2, -0.15) is 0 Å². The standard InChI is InChI=1S/C13H17BrFNO/c1-17-12-9(4-5-10(15)11(12)14)13(8-16)6-2-3-7-13/h4-5H,2-3,6-8,16H2,1H3. The Hall–Kier alpha value is -0.610. The third kappa shape index (κ3) is 2.08. The average molecular weight is 302 g/mol. The molecule has 1 aliphatic carbocycles. The quantitative estimate of drug-likeness (QED) is 0.929. The number of methoxy groups -OCH3 is 1. The molecule has 0 unspecified atom stereocenters. The number of hydrogen-bond donors (Lipinski definition) is 1. The topological polar surface area (TPSA) is 35.2 Å². The van der Waals surface area contributed by atoms with E-state index in [0.29, 0.717) is 16.8 Å². The summed E-state index contributed by atoms with van der Waals surface area (Å²) in [6.45, 7) is 0.585. The number of nitrogens with two attached hydrogens (primary N) is 1. The van der Waals surface area contributed by atoms with E-state index in [-0.39, 0.29) is 11.2 Å². The zero-order valence-corrected chi connectivity index (χ0v) is 11.5. The normalized spacial score (nSPS) is 18.4. The van der Waals surface area contributed by atoms with Crippen molar-refractivity contribution in [2.45, 2.75) is 31.1 Å². The van der Waals surface area contributed by atoms with Gasteiger partial charge >= 0.3 is 0 Å². The minimum absolute atomic E-state index is 0.0401. The lowest BCUT2D eigenvalue weighted by molar-refractivity contribution is 0.372. The van der Waals surface area contributed by atoms with E-state index in [1.807, 2.05) is 6.07 Å². The fraction of sp³-hybridized carbons (Fsp3) is 0.538. The van der Waals surface area contributed by atoms with E-state index in [0.717, 1.165) is 18.4 Å². The SMILES string of the molecule is COc1c(C2(CN)CCCC2)ccc(F)c1Br. The molecule has 0 amide bonds. The highest BCUT2D eigenvalue weighted by Crippen LogP contribution is 2.46. The first-order valence-corrected chi connectivity index (χ1v) is 6.66. The third-order valence-electron chi connectivity index (χ3n) is 3.78. The van der Waals surface area contributed by atoms with Gasteiger partial charge in [0.25, 0.3) is 0 Å². The third-order valence-corrected chi connectivity index (χ3v) is 4.52. The number of ether oxygens (including phenoxy) is 1. The molecule has 2 nitrogen and oxygen atoms in total. The predicted octanol–water partition coefficient (Wildman–Crippen LogP) is 3.37. The van der Waals surface area contributed by atoms with Gasteiger partial charge in [0.05, 0.1) is 11.6 Å². The van der Waals surface area contributed by atoms with Gasteiger partial charge in [-0.15, -0.1) is 0 Å². The molecule has 2 N–H and O–H groups in total. The number of halogens is 2. The lowest BCUT2D eigenvalue weighted by atomic mass is 9.78. The molecule has 0 bridgehead atoms. The van der Waals surface area contributed by atoms with Crippen LogP contribution in [0.4, 0.5) is 4.39 Å². The van der Waals surface area contributed by atoms with Crippen LogP contribution < -0.4 is 10.5 Å². The Morgan fingerprint density at radius 2 is 2.06 bits per heavy atom. The zero-order valence-electron chi connectivity index (χ0n) is 9.93. The minimum Gasteiger partial charge on any atom is -0.495 e. The van der Waals surface area contributed by atoms with Gasteiger partial charge in [-0.3, -0.25) is 0 Å². The first kappa shape index (κ1) is 12.8. The Balaban J connectivity index is 2.54. The van der Waals surface area contributed by atoms with Gasteiger partial charge < -0.3 is 10.5 Å². The Kier molecular flexibility index (Phi) is 3.73. The minimum atomic E-state index is -0.296. The van der Waals surface area contributed by atoms with Crippen LogP contribution in [0.5, 0.6) is 5.75 Å². The maximum Gasteiger partial charge on any atom is 0.141 e. The highest BCUT2D eigenvalue weighted by Gasteiger charge is 2.37. The van der Waals surface area contributed by atoms with Gasteiger partial charge in [0.2, 0.25) is 0 Å². The van der Waals surface area contributed by atoms with E-state index in [4.69, 9.17) is 10.5 Å². The van der Waals surface area contributed by atoms with Crippen LogP contribution in [-0.4, -0.2) is 13.7 Å². The Morgan fingerprint density at radius 3 is 2.59 bits per heavy atom. The highest BCUT2D eigenvalue weighted by molar-refractivity contribution is 9.10. The van der Waals surface area contributed by atoms with Gasteiger partial charge in [0.1, 0.15) is 11.6 Å². The van der Waals surface area contributed by atoms with Crippen LogP contribution >= 0.6 is 15.9 Å². The highest BCUT2D eigenvalue weighted by atomic mass is 79.9. The van der Waals surface area contributed by atoms with Gasteiger partial charge in [-0.05, 0) is 34.8 Å². The van der Waals surface area contributed by atoms with Crippen molar-refractivity contribution in [3.63, 3.8) is 0 Å². The number of benzene rings is 1. The second kappa shape index (κ2) is 4.94. The van der Waals surface area contributed by atoms with E-state index < -0.39 is 0 Å². The molecule has 0 spiro atoms. The molecular weight excluding hydrogens is 285 g/mol. The first-order chi connectivity index (χ1) is 8.14. The van der Waals surface area contributed by atoms with Crippen molar-refractivity contribution in [1.82, 2.24) is 0 Å². The second-order valence-electron chi connectivity index (χ2n) is 4.63. The van der Waals surface area contributed by atoms with Crippen molar-refractivity contribution >= 4 is 15.9 Å². The summed E-state index contributed by atoms with van der Waals surface area (Å²) in [7, 11) is 1.57. The predicted molar refractivity (Wildman–Crippen MR) is 69.9 cm³/mol. The summed E-state index contributed by atoms with van der Waals surface area (Å²) in [5.74, 6) is 0.299. The number of rotatable bonds is 3. The number of hydrogen-bond acceptors (Lipinski definition) is 2. The van der Waals surface area contributed by atoms with Crippen molar-refractivity contribution in [2.75, 3.05) is 13.7 Å². The lowest BCUT2D eigenvalue weighted by Crippen LogP contribution is -2.32. The zero-order chi connectivity index (χ0) is 12.5. The monoisotopic (exact) mass is 301 g/mol. The van der Waals surface area contributed by atoms with Gasteiger partial charge in [0, 0.05) is 17.5 Å². The van der Waals surface area contributed by atoms with Gasteiger partial charge in [-0.25, -0.2) is 4.39 Å². The fourth-order valence-electron chi connectivity index (χ4n) is 2.78. The van der Waals surface area contributed by atoms with Crippen LogP contribution in [0.2, 0.25) is 0 Å². The Morgan fingerprint density at radius 1 is 1.41 bits per heavy atom. The van der Waals surface area contributed by atoms with Crippen molar-refractivity contribution in [3.05, 3.63) is 28.0 Å². The molecule has 1 aromatic carbocycles. The summed E-state index contributed by atoms with van der Waals surface area (Å²) in [6.07, 6.45) is 4.46. The molecule has 17 heavy (non-hydrogen) atoms. The maximum absolute atomic E-state index is 13.5. The van der Waals surface area contributed by atoms with Crippen LogP contribution in [-0.2, 0) is 5.41 Å². The van der Waals surface area contributed by atoms with E-state index >= 15 is 0 Å². The van der Waals surface area contributed by atoms with Crippen molar-refractivity contribution in [2.24, 2.45) is 5.73 Å². The molecule has 1 fully saturated rings. The Bertz CT molecular complexity index is 416. The molecule has 0 heterocycles. The molecule has 4 heteroatoms. The molecule has 0 aliphatic heterocycles. The lowest BCUT2D eigenvalue weighted by Gasteiger charge is -2.30. The average Bonchev–Trinajstić information content (AvgIpc) is 2.82. The molecule has 1 saturated carbocycles. The second-order valence-corrected chi connectivity index (χ2v) is 5.43. The van der Waals surface area contributed by atoms with E-state index in [1.165, 1.54) is 18.9 Å². The van der Waals surface area contributed by atoms with Crippen LogP contribution in [0.3, 0.4) is 0 Å². The van der Waals surface area contributed by atoms with Gasteiger partial charge in [-0.1, -0.05) is 18.9 Å². The van der Waals surface area contributed by atoms with E-state index in [1.54, 1.807) is 7.11 Å². The van der Waals surface area contributed by atoms with Crippen molar-refractivity contribution in [1.29, 1.82) is 0 Å². The Labute approximate surface area is 109 Å². The molecule has 1 aromatic rings. The van der Waals surface area contributed by atoms with Crippen molar-refractivity contribution < 1.29 is 9.13 Å². The fourth-order valence-corrected chi connectivity index (χ4v) is 3.29. The molecule has 1 aliphatic rings. The molecule has 0 atom stereocenters. The molecule has 0 saturated heterocycles. The summed E-state index contributed by atoms with van der Waals surface area (Å²) in [6, 6.07) is 3.30. The summed E-state index contributed by atoms with van der Waals surface area (Å²) in [5, 5.41) is 0. The molecule has 94 valence electrons. The smallest absolute Gasteiger partial charge is 0.141 e. The van der Waals surface area contributed by atoms with E-state index in [9.17, 15) is 4.39 Å². The first-order valence-electron chi connectivity index (χ1n) is 5.87. The maximum atomic E-state index is 13.5. The molecular formula is C13H17BrFNO. The molecule has 0 radical (unpaired) electrons. The summed E-state index contributed by atoms with van der Waals surface area (Å²) in [4.78, 5) is 0. The van der Waals surface area contributed by atoms with Crippen LogP contribution in [0.15, 0.2) is 16.6 Å². The molecule has 0 aromatic heterocycles. The summed E-state index contributed by atoms with van der Waals surface area (Å²) < 4.78 is 19.3. The molecule has 2 rings (SSSR count). The largest absolute Gasteiger partial charge is 0.495 e. The van der Waals surface area contributed by atoms with Gasteiger partial charge in [0.15, 0.2) is 0 Å².